The standard InChI is InChI=1S/C15H13N5O2/c1-10-2-7-14(21)13(8-10)17-15(22)11-3-5-12(6-4-11)20-9-16-18-19-20/h2-9,21H,1H3,(H,17,22). The molecule has 110 valence electrons. The normalized spacial score (nSPS) is 10.4. The molecule has 3 aromatic rings. The Morgan fingerprint density at radius 1 is 1.18 bits per heavy atom. The van der Waals surface area contributed by atoms with E-state index in [2.05, 4.69) is 20.8 Å². The van der Waals surface area contributed by atoms with Gasteiger partial charge >= 0.3 is 0 Å². The molecule has 0 aliphatic rings. The minimum absolute atomic E-state index is 0.0317. The summed E-state index contributed by atoms with van der Waals surface area (Å²) in [4.78, 5) is 12.2. The molecule has 0 atom stereocenters. The Kier molecular flexibility index (Phi) is 3.53. The lowest BCUT2D eigenvalue weighted by atomic mass is 10.1. The van der Waals surface area contributed by atoms with Gasteiger partial charge in [-0.1, -0.05) is 6.07 Å². The van der Waals surface area contributed by atoms with Gasteiger partial charge in [0.05, 0.1) is 11.4 Å². The number of aromatic hydroxyl groups is 1. The van der Waals surface area contributed by atoms with Crippen LogP contribution in [0.15, 0.2) is 48.8 Å². The molecule has 0 aliphatic carbocycles. The number of aryl methyl sites for hydroxylation is 1. The summed E-state index contributed by atoms with van der Waals surface area (Å²) in [5.74, 6) is -0.270. The van der Waals surface area contributed by atoms with Crippen LogP contribution in [0.1, 0.15) is 15.9 Å². The third-order valence-electron chi connectivity index (χ3n) is 3.14. The third kappa shape index (κ3) is 2.78. The summed E-state index contributed by atoms with van der Waals surface area (Å²) in [6.07, 6.45) is 1.47. The number of aromatic nitrogens is 4. The molecule has 7 nitrogen and oxygen atoms in total. The van der Waals surface area contributed by atoms with Crippen molar-refractivity contribution >= 4 is 11.6 Å². The highest BCUT2D eigenvalue weighted by molar-refractivity contribution is 6.05. The number of amides is 1. The quantitative estimate of drug-likeness (QED) is 0.720. The van der Waals surface area contributed by atoms with Crippen LogP contribution in [0.2, 0.25) is 0 Å². The summed E-state index contributed by atoms with van der Waals surface area (Å²) in [6, 6.07) is 11.8. The number of hydrogen-bond donors (Lipinski definition) is 2. The molecule has 0 bridgehead atoms. The fourth-order valence-electron chi connectivity index (χ4n) is 1.99. The van der Waals surface area contributed by atoms with Gasteiger partial charge in [0, 0.05) is 5.56 Å². The number of benzene rings is 2. The maximum atomic E-state index is 12.2. The Balaban J connectivity index is 1.79. The second kappa shape index (κ2) is 5.65. The second-order valence-corrected chi connectivity index (χ2v) is 4.78. The van der Waals surface area contributed by atoms with E-state index in [4.69, 9.17) is 0 Å². The Labute approximate surface area is 126 Å². The molecule has 22 heavy (non-hydrogen) atoms. The lowest BCUT2D eigenvalue weighted by Gasteiger charge is -2.08. The average molecular weight is 295 g/mol. The molecule has 0 fully saturated rings. The molecule has 0 unspecified atom stereocenters. The number of tetrazole rings is 1. The van der Waals surface area contributed by atoms with Crippen LogP contribution in [0.5, 0.6) is 5.75 Å². The van der Waals surface area contributed by atoms with Crippen LogP contribution in [-0.4, -0.2) is 31.2 Å². The number of carbonyl (C=O) groups is 1. The van der Waals surface area contributed by atoms with Crippen LogP contribution in [0.3, 0.4) is 0 Å². The maximum Gasteiger partial charge on any atom is 0.255 e. The molecular weight excluding hydrogens is 282 g/mol. The first-order valence-corrected chi connectivity index (χ1v) is 6.58. The number of hydrogen-bond acceptors (Lipinski definition) is 5. The number of anilines is 1. The van der Waals surface area contributed by atoms with Crippen molar-refractivity contribution in [2.45, 2.75) is 6.92 Å². The minimum atomic E-state index is -0.302. The molecule has 3 rings (SSSR count). The van der Waals surface area contributed by atoms with Gasteiger partial charge in [-0.15, -0.1) is 5.10 Å². The lowest BCUT2D eigenvalue weighted by molar-refractivity contribution is 0.102. The zero-order valence-electron chi connectivity index (χ0n) is 11.8. The fraction of sp³-hybridized carbons (Fsp3) is 0.0667. The van der Waals surface area contributed by atoms with E-state index in [0.29, 0.717) is 11.3 Å². The molecule has 0 spiro atoms. The molecule has 0 radical (unpaired) electrons. The smallest absolute Gasteiger partial charge is 0.255 e. The van der Waals surface area contributed by atoms with E-state index >= 15 is 0 Å². The molecule has 2 aromatic carbocycles. The number of phenols is 1. The van der Waals surface area contributed by atoms with Gasteiger partial charge in [0.15, 0.2) is 0 Å². The second-order valence-electron chi connectivity index (χ2n) is 4.78. The number of nitrogens with one attached hydrogen (secondary N) is 1. The molecule has 0 aliphatic heterocycles. The summed E-state index contributed by atoms with van der Waals surface area (Å²) in [5, 5.41) is 23.3. The highest BCUT2D eigenvalue weighted by Gasteiger charge is 2.09. The van der Waals surface area contributed by atoms with Gasteiger partial charge in [-0.25, -0.2) is 4.68 Å². The van der Waals surface area contributed by atoms with E-state index in [1.54, 1.807) is 42.5 Å². The summed E-state index contributed by atoms with van der Waals surface area (Å²) in [7, 11) is 0. The van der Waals surface area contributed by atoms with Gasteiger partial charge in [0.2, 0.25) is 0 Å². The number of phenolic OH excluding ortho intramolecular Hbond substituents is 1. The summed E-state index contributed by atoms with van der Waals surface area (Å²) < 4.78 is 1.49. The third-order valence-corrected chi connectivity index (χ3v) is 3.14. The first kappa shape index (κ1) is 13.7. The Bertz CT molecular complexity index is 797. The largest absolute Gasteiger partial charge is 0.506 e. The van der Waals surface area contributed by atoms with Crippen molar-refractivity contribution < 1.29 is 9.90 Å². The number of nitrogens with zero attached hydrogens (tertiary/aromatic N) is 4. The summed E-state index contributed by atoms with van der Waals surface area (Å²) in [6.45, 7) is 1.88. The molecular formula is C15H13N5O2. The summed E-state index contributed by atoms with van der Waals surface area (Å²) in [5.41, 5.74) is 2.55. The van der Waals surface area contributed by atoms with Crippen molar-refractivity contribution in [3.63, 3.8) is 0 Å². The molecule has 1 aromatic heterocycles. The highest BCUT2D eigenvalue weighted by Crippen LogP contribution is 2.24. The van der Waals surface area contributed by atoms with E-state index in [1.165, 1.54) is 11.0 Å². The lowest BCUT2D eigenvalue weighted by Crippen LogP contribution is -2.12. The van der Waals surface area contributed by atoms with E-state index in [9.17, 15) is 9.90 Å². The van der Waals surface area contributed by atoms with E-state index < -0.39 is 0 Å². The van der Waals surface area contributed by atoms with E-state index in [-0.39, 0.29) is 11.7 Å². The van der Waals surface area contributed by atoms with Gasteiger partial charge in [0.1, 0.15) is 12.1 Å². The topological polar surface area (TPSA) is 92.9 Å². The molecule has 0 saturated carbocycles. The predicted molar refractivity (Wildman–Crippen MR) is 80.0 cm³/mol. The van der Waals surface area contributed by atoms with Crippen LogP contribution in [0.25, 0.3) is 5.69 Å². The number of carbonyl (C=O) groups excluding carboxylic acids is 1. The van der Waals surface area contributed by atoms with Crippen LogP contribution >= 0.6 is 0 Å². The fourth-order valence-corrected chi connectivity index (χ4v) is 1.99. The van der Waals surface area contributed by atoms with Gasteiger partial charge < -0.3 is 10.4 Å². The van der Waals surface area contributed by atoms with Crippen LogP contribution in [0.4, 0.5) is 5.69 Å². The van der Waals surface area contributed by atoms with Crippen molar-refractivity contribution in [2.24, 2.45) is 0 Å². The molecule has 0 saturated heterocycles. The van der Waals surface area contributed by atoms with E-state index in [1.807, 2.05) is 6.92 Å². The molecule has 1 heterocycles. The maximum absolute atomic E-state index is 12.2. The van der Waals surface area contributed by atoms with Crippen LogP contribution in [-0.2, 0) is 0 Å². The first-order valence-electron chi connectivity index (χ1n) is 6.58. The first-order chi connectivity index (χ1) is 10.6. The van der Waals surface area contributed by atoms with Crippen molar-refractivity contribution in [2.75, 3.05) is 5.32 Å². The van der Waals surface area contributed by atoms with Crippen molar-refractivity contribution in [1.82, 2.24) is 20.2 Å². The van der Waals surface area contributed by atoms with Gasteiger partial charge in [0.25, 0.3) is 5.91 Å². The minimum Gasteiger partial charge on any atom is -0.506 e. The van der Waals surface area contributed by atoms with Crippen molar-refractivity contribution in [3.05, 3.63) is 59.9 Å². The van der Waals surface area contributed by atoms with Crippen LogP contribution < -0.4 is 5.32 Å². The Morgan fingerprint density at radius 3 is 2.64 bits per heavy atom. The Morgan fingerprint density at radius 2 is 1.95 bits per heavy atom. The van der Waals surface area contributed by atoms with Crippen LogP contribution in [0, 0.1) is 6.92 Å². The van der Waals surface area contributed by atoms with Gasteiger partial charge in [-0.05, 0) is 59.3 Å². The molecule has 1 amide bonds. The van der Waals surface area contributed by atoms with Crippen molar-refractivity contribution in [3.8, 4) is 11.4 Å². The monoisotopic (exact) mass is 295 g/mol. The van der Waals surface area contributed by atoms with Gasteiger partial charge in [-0.3, -0.25) is 4.79 Å². The Hall–Kier alpha value is -3.22. The highest BCUT2D eigenvalue weighted by atomic mass is 16.3. The van der Waals surface area contributed by atoms with Gasteiger partial charge in [-0.2, -0.15) is 0 Å². The zero-order chi connectivity index (χ0) is 15.5. The SMILES string of the molecule is Cc1ccc(O)c(NC(=O)c2ccc(-n3cnnn3)cc2)c1. The molecule has 7 heteroatoms. The van der Waals surface area contributed by atoms with E-state index in [0.717, 1.165) is 11.3 Å². The number of rotatable bonds is 3. The predicted octanol–water partition coefficient (Wildman–Crippen LogP) is 1.93. The van der Waals surface area contributed by atoms with Crippen molar-refractivity contribution in [1.29, 1.82) is 0 Å². The average Bonchev–Trinajstić information content (AvgIpc) is 3.05. The zero-order valence-corrected chi connectivity index (χ0v) is 11.8. The molecule has 2 N–H and O–H groups in total. The summed E-state index contributed by atoms with van der Waals surface area (Å²) >= 11 is 0.